The Morgan fingerprint density at radius 1 is 0.821 bits per heavy atom. The molecule has 0 radical (unpaired) electrons. The minimum atomic E-state index is -3.71. The van der Waals surface area contributed by atoms with Crippen molar-refractivity contribution >= 4 is 27.3 Å². The molecule has 5 nitrogen and oxygen atoms in total. The van der Waals surface area contributed by atoms with Crippen LogP contribution >= 0.6 is 0 Å². The highest BCUT2D eigenvalue weighted by Crippen LogP contribution is 2.24. The van der Waals surface area contributed by atoms with Crippen molar-refractivity contribution in [3.05, 3.63) is 89.0 Å². The summed E-state index contributed by atoms with van der Waals surface area (Å²) in [6, 6.07) is 18.9. The lowest BCUT2D eigenvalue weighted by atomic mass is 10.1. The Kier molecular flexibility index (Phi) is 5.51. The summed E-state index contributed by atoms with van der Waals surface area (Å²) < 4.78 is 27.8. The number of rotatable bonds is 5. The number of benzene rings is 3. The first-order chi connectivity index (χ1) is 13.2. The van der Waals surface area contributed by atoms with Crippen LogP contribution in [0.15, 0.2) is 71.6 Å². The van der Waals surface area contributed by atoms with Gasteiger partial charge in [-0.15, -0.1) is 0 Å². The van der Waals surface area contributed by atoms with E-state index in [1.165, 1.54) is 12.1 Å². The zero-order chi connectivity index (χ0) is 20.3. The van der Waals surface area contributed by atoms with Gasteiger partial charge in [0.2, 0.25) is 0 Å². The van der Waals surface area contributed by atoms with Crippen LogP contribution in [0, 0.1) is 20.8 Å². The van der Waals surface area contributed by atoms with E-state index < -0.39 is 10.0 Å². The van der Waals surface area contributed by atoms with Gasteiger partial charge in [-0.1, -0.05) is 41.5 Å². The van der Waals surface area contributed by atoms with E-state index in [0.717, 1.165) is 16.7 Å². The van der Waals surface area contributed by atoms with E-state index in [0.29, 0.717) is 16.9 Å². The normalized spacial score (nSPS) is 11.1. The molecule has 0 atom stereocenters. The van der Waals surface area contributed by atoms with Gasteiger partial charge in [-0.05, 0) is 62.7 Å². The molecule has 0 fully saturated rings. The van der Waals surface area contributed by atoms with E-state index >= 15 is 0 Å². The van der Waals surface area contributed by atoms with Crippen LogP contribution in [0.4, 0.5) is 11.4 Å². The van der Waals surface area contributed by atoms with Crippen molar-refractivity contribution in [3.63, 3.8) is 0 Å². The van der Waals surface area contributed by atoms with Gasteiger partial charge < -0.3 is 5.32 Å². The number of aryl methyl sites for hydroxylation is 3. The van der Waals surface area contributed by atoms with E-state index in [2.05, 4.69) is 10.0 Å². The quantitative estimate of drug-likeness (QED) is 0.661. The van der Waals surface area contributed by atoms with E-state index in [1.54, 1.807) is 43.3 Å². The summed E-state index contributed by atoms with van der Waals surface area (Å²) >= 11 is 0. The van der Waals surface area contributed by atoms with Crippen molar-refractivity contribution in [2.75, 3.05) is 10.0 Å². The zero-order valence-corrected chi connectivity index (χ0v) is 16.8. The van der Waals surface area contributed by atoms with Gasteiger partial charge in [0.1, 0.15) is 0 Å². The summed E-state index contributed by atoms with van der Waals surface area (Å²) in [6.07, 6.45) is 0. The average Bonchev–Trinajstić information content (AvgIpc) is 2.64. The molecule has 0 aliphatic heterocycles. The molecule has 0 aliphatic rings. The molecule has 3 aromatic rings. The SMILES string of the molecule is Cc1cc(C)cc(C(=O)Nc2ccc(C)c(NS(=O)(=O)c3ccccc3)c2)c1. The largest absolute Gasteiger partial charge is 0.322 e. The third-order valence-corrected chi connectivity index (χ3v) is 5.66. The second-order valence-electron chi connectivity index (χ2n) is 6.78. The lowest BCUT2D eigenvalue weighted by Gasteiger charge is -2.13. The Balaban J connectivity index is 1.84. The first-order valence-electron chi connectivity index (χ1n) is 8.83. The van der Waals surface area contributed by atoms with Gasteiger partial charge in [-0.25, -0.2) is 8.42 Å². The van der Waals surface area contributed by atoms with Crippen molar-refractivity contribution < 1.29 is 13.2 Å². The second kappa shape index (κ2) is 7.86. The van der Waals surface area contributed by atoms with Gasteiger partial charge in [-0.2, -0.15) is 0 Å². The zero-order valence-electron chi connectivity index (χ0n) is 16.0. The van der Waals surface area contributed by atoms with Gasteiger partial charge in [0.05, 0.1) is 10.6 Å². The number of carbonyl (C=O) groups excluding carboxylic acids is 1. The van der Waals surface area contributed by atoms with Crippen LogP contribution in [0.1, 0.15) is 27.0 Å². The standard InChI is InChI=1S/C22H22N2O3S/c1-15-11-16(2)13-18(12-15)22(25)23-19-10-9-17(3)21(14-19)24-28(26,27)20-7-5-4-6-8-20/h4-14,24H,1-3H3,(H,23,25). The molecule has 2 N–H and O–H groups in total. The summed E-state index contributed by atoms with van der Waals surface area (Å²) in [5.41, 5.74) is 4.26. The molecule has 0 heterocycles. The molecular formula is C22H22N2O3S. The number of anilines is 2. The van der Waals surface area contributed by atoms with Gasteiger partial charge in [0, 0.05) is 11.3 Å². The highest BCUT2D eigenvalue weighted by atomic mass is 32.2. The summed E-state index contributed by atoms with van der Waals surface area (Å²) in [5.74, 6) is -0.243. The monoisotopic (exact) mass is 394 g/mol. The van der Waals surface area contributed by atoms with Crippen molar-refractivity contribution in [1.82, 2.24) is 0 Å². The summed E-state index contributed by atoms with van der Waals surface area (Å²) in [6.45, 7) is 5.68. The highest BCUT2D eigenvalue weighted by Gasteiger charge is 2.15. The van der Waals surface area contributed by atoms with E-state index in [1.807, 2.05) is 32.0 Å². The third-order valence-electron chi connectivity index (χ3n) is 4.28. The fourth-order valence-electron chi connectivity index (χ4n) is 2.92. The predicted molar refractivity (Wildman–Crippen MR) is 112 cm³/mol. The lowest BCUT2D eigenvalue weighted by Crippen LogP contribution is -2.15. The Hall–Kier alpha value is -3.12. The van der Waals surface area contributed by atoms with Crippen LogP contribution in [0.3, 0.4) is 0 Å². The number of hydrogen-bond donors (Lipinski definition) is 2. The van der Waals surface area contributed by atoms with Crippen LogP contribution in [0.25, 0.3) is 0 Å². The maximum Gasteiger partial charge on any atom is 0.261 e. The Labute approximate surface area is 165 Å². The van der Waals surface area contributed by atoms with Gasteiger partial charge in [0.25, 0.3) is 15.9 Å². The smallest absolute Gasteiger partial charge is 0.261 e. The van der Waals surface area contributed by atoms with Crippen molar-refractivity contribution in [2.45, 2.75) is 25.7 Å². The molecule has 0 unspecified atom stereocenters. The highest BCUT2D eigenvalue weighted by molar-refractivity contribution is 7.92. The molecule has 0 aromatic heterocycles. The summed E-state index contributed by atoms with van der Waals surface area (Å²) in [5, 5.41) is 2.83. The van der Waals surface area contributed by atoms with Gasteiger partial charge in [0.15, 0.2) is 0 Å². The molecule has 0 saturated carbocycles. The first kappa shape index (κ1) is 19.6. The van der Waals surface area contributed by atoms with E-state index in [4.69, 9.17) is 0 Å². The number of sulfonamides is 1. The van der Waals surface area contributed by atoms with Crippen molar-refractivity contribution in [1.29, 1.82) is 0 Å². The molecule has 1 amide bonds. The van der Waals surface area contributed by atoms with Crippen LogP contribution in [0.2, 0.25) is 0 Å². The third kappa shape index (κ3) is 4.58. The van der Waals surface area contributed by atoms with Gasteiger partial charge in [-0.3, -0.25) is 9.52 Å². The van der Waals surface area contributed by atoms with Crippen LogP contribution in [-0.2, 0) is 10.0 Å². The topological polar surface area (TPSA) is 75.3 Å². The van der Waals surface area contributed by atoms with Crippen molar-refractivity contribution in [2.24, 2.45) is 0 Å². The molecule has 3 aromatic carbocycles. The fourth-order valence-corrected chi connectivity index (χ4v) is 4.06. The van der Waals surface area contributed by atoms with Gasteiger partial charge >= 0.3 is 0 Å². The molecule has 3 rings (SSSR count). The molecule has 0 aliphatic carbocycles. The molecule has 28 heavy (non-hydrogen) atoms. The summed E-state index contributed by atoms with van der Waals surface area (Å²) in [7, 11) is -3.71. The number of hydrogen-bond acceptors (Lipinski definition) is 3. The summed E-state index contributed by atoms with van der Waals surface area (Å²) in [4.78, 5) is 12.8. The fraction of sp³-hybridized carbons (Fsp3) is 0.136. The van der Waals surface area contributed by atoms with Crippen LogP contribution in [0.5, 0.6) is 0 Å². The Morgan fingerprint density at radius 2 is 1.46 bits per heavy atom. The molecule has 0 spiro atoms. The van der Waals surface area contributed by atoms with Crippen LogP contribution in [-0.4, -0.2) is 14.3 Å². The van der Waals surface area contributed by atoms with E-state index in [9.17, 15) is 13.2 Å². The van der Waals surface area contributed by atoms with Crippen LogP contribution < -0.4 is 10.0 Å². The minimum absolute atomic E-state index is 0.180. The number of amides is 1. The Morgan fingerprint density at radius 3 is 2.11 bits per heavy atom. The number of nitrogens with one attached hydrogen (secondary N) is 2. The van der Waals surface area contributed by atoms with E-state index in [-0.39, 0.29) is 10.8 Å². The maximum atomic E-state index is 12.6. The lowest BCUT2D eigenvalue weighted by molar-refractivity contribution is 0.102. The molecule has 6 heteroatoms. The molecular weight excluding hydrogens is 372 g/mol. The number of carbonyl (C=O) groups is 1. The Bertz CT molecular complexity index is 1100. The second-order valence-corrected chi connectivity index (χ2v) is 8.46. The first-order valence-corrected chi connectivity index (χ1v) is 10.3. The average molecular weight is 394 g/mol. The predicted octanol–water partition coefficient (Wildman–Crippen LogP) is 4.66. The minimum Gasteiger partial charge on any atom is -0.322 e. The molecule has 0 saturated heterocycles. The molecule has 144 valence electrons. The molecule has 0 bridgehead atoms. The maximum absolute atomic E-state index is 12.6. The van der Waals surface area contributed by atoms with Crippen molar-refractivity contribution in [3.8, 4) is 0 Å².